The highest BCUT2D eigenvalue weighted by Crippen LogP contribution is 2.23. The van der Waals surface area contributed by atoms with E-state index in [2.05, 4.69) is 10.2 Å². The molecule has 2 aliphatic rings. The van der Waals surface area contributed by atoms with Crippen LogP contribution in [0.4, 0.5) is 10.1 Å². The lowest BCUT2D eigenvalue weighted by molar-refractivity contribution is -0.120. The first-order valence-corrected chi connectivity index (χ1v) is 8.75. The molecule has 0 aliphatic carbocycles. The molecule has 0 atom stereocenters. The molecule has 0 radical (unpaired) electrons. The monoisotopic (exact) mass is 319 g/mol. The minimum Gasteiger partial charge on any atom is -0.317 e. The van der Waals surface area contributed by atoms with Crippen molar-refractivity contribution in [3.8, 4) is 0 Å². The molecule has 2 aliphatic heterocycles. The van der Waals surface area contributed by atoms with Crippen molar-refractivity contribution in [1.29, 1.82) is 0 Å². The van der Waals surface area contributed by atoms with Crippen LogP contribution in [0.15, 0.2) is 24.3 Å². The summed E-state index contributed by atoms with van der Waals surface area (Å²) < 4.78 is 13.2. The van der Waals surface area contributed by atoms with Gasteiger partial charge in [0.25, 0.3) is 0 Å². The number of halogens is 1. The Labute approximate surface area is 137 Å². The fourth-order valence-corrected chi connectivity index (χ4v) is 3.61. The maximum atomic E-state index is 13.2. The van der Waals surface area contributed by atoms with Gasteiger partial charge in [0.05, 0.1) is 6.54 Å². The molecule has 2 saturated heterocycles. The summed E-state index contributed by atoms with van der Waals surface area (Å²) in [7, 11) is 0. The summed E-state index contributed by atoms with van der Waals surface area (Å²) in [6.45, 7) is 4.35. The Balaban J connectivity index is 1.75. The van der Waals surface area contributed by atoms with Gasteiger partial charge in [-0.15, -0.1) is 0 Å². The van der Waals surface area contributed by atoms with Crippen LogP contribution in [0.2, 0.25) is 0 Å². The van der Waals surface area contributed by atoms with E-state index in [1.807, 2.05) is 4.90 Å². The number of hydrogen-bond acceptors (Lipinski definition) is 3. The Morgan fingerprint density at radius 1 is 1.13 bits per heavy atom. The van der Waals surface area contributed by atoms with Crippen LogP contribution in [0, 0.1) is 5.82 Å². The van der Waals surface area contributed by atoms with Gasteiger partial charge in [-0.3, -0.25) is 9.69 Å². The minimum absolute atomic E-state index is 0.144. The third-order valence-corrected chi connectivity index (χ3v) is 4.85. The lowest BCUT2D eigenvalue weighted by Gasteiger charge is -2.36. The fraction of sp³-hybridized carbons (Fsp3) is 0.611. The summed E-state index contributed by atoms with van der Waals surface area (Å²) in [5.74, 6) is -0.118. The molecule has 5 heteroatoms. The fourth-order valence-electron chi connectivity index (χ4n) is 3.61. The molecular formula is C18H26FN3O. The number of anilines is 1. The molecule has 0 aromatic heterocycles. The second-order valence-corrected chi connectivity index (χ2v) is 6.56. The first-order chi connectivity index (χ1) is 11.2. The summed E-state index contributed by atoms with van der Waals surface area (Å²) in [5.41, 5.74) is 0.820. The number of nitrogens with one attached hydrogen (secondary N) is 1. The summed E-state index contributed by atoms with van der Waals surface area (Å²) in [4.78, 5) is 17.1. The van der Waals surface area contributed by atoms with Gasteiger partial charge in [-0.1, -0.05) is 6.42 Å². The minimum atomic E-state index is -0.262. The molecule has 2 heterocycles. The molecule has 1 aromatic carbocycles. The molecule has 126 valence electrons. The Bertz CT molecular complexity index is 508. The predicted molar refractivity (Wildman–Crippen MR) is 90.1 cm³/mol. The third kappa shape index (κ3) is 4.30. The molecule has 4 nitrogen and oxygen atoms in total. The predicted octanol–water partition coefficient (Wildman–Crippen LogP) is 2.40. The Morgan fingerprint density at radius 3 is 2.43 bits per heavy atom. The number of piperidine rings is 2. The van der Waals surface area contributed by atoms with Crippen LogP contribution >= 0.6 is 0 Å². The Kier molecular flexibility index (Phi) is 5.62. The molecule has 3 rings (SSSR count). The maximum absolute atomic E-state index is 13.2. The van der Waals surface area contributed by atoms with Crippen LogP contribution in [0.5, 0.6) is 0 Å². The molecule has 1 amide bonds. The second kappa shape index (κ2) is 7.88. The third-order valence-electron chi connectivity index (χ3n) is 4.85. The van der Waals surface area contributed by atoms with E-state index in [-0.39, 0.29) is 17.8 Å². The average molecular weight is 319 g/mol. The van der Waals surface area contributed by atoms with E-state index in [1.165, 1.54) is 31.4 Å². The Morgan fingerprint density at radius 2 is 1.78 bits per heavy atom. The van der Waals surface area contributed by atoms with E-state index in [4.69, 9.17) is 0 Å². The van der Waals surface area contributed by atoms with Crippen molar-refractivity contribution in [3.63, 3.8) is 0 Å². The van der Waals surface area contributed by atoms with Crippen molar-refractivity contribution >= 4 is 11.6 Å². The van der Waals surface area contributed by atoms with Gasteiger partial charge >= 0.3 is 0 Å². The smallest absolute Gasteiger partial charge is 0.241 e. The number of likely N-dealkylation sites (tertiary alicyclic amines) is 1. The molecule has 2 fully saturated rings. The van der Waals surface area contributed by atoms with Gasteiger partial charge in [0, 0.05) is 11.7 Å². The largest absolute Gasteiger partial charge is 0.317 e. The maximum Gasteiger partial charge on any atom is 0.241 e. The molecule has 0 saturated carbocycles. The van der Waals surface area contributed by atoms with E-state index in [1.54, 1.807) is 12.1 Å². The number of carbonyl (C=O) groups excluding carboxylic acids is 1. The van der Waals surface area contributed by atoms with E-state index < -0.39 is 0 Å². The number of benzene rings is 1. The van der Waals surface area contributed by atoms with E-state index in [9.17, 15) is 9.18 Å². The van der Waals surface area contributed by atoms with Gasteiger partial charge in [0.2, 0.25) is 5.91 Å². The van der Waals surface area contributed by atoms with Gasteiger partial charge in [-0.05, 0) is 76.1 Å². The number of carbonyl (C=O) groups is 1. The molecule has 23 heavy (non-hydrogen) atoms. The van der Waals surface area contributed by atoms with Gasteiger partial charge in [-0.2, -0.15) is 0 Å². The van der Waals surface area contributed by atoms with Crippen molar-refractivity contribution in [2.45, 2.75) is 38.1 Å². The highest BCUT2D eigenvalue weighted by Gasteiger charge is 2.28. The van der Waals surface area contributed by atoms with Gasteiger partial charge in [-0.25, -0.2) is 4.39 Å². The van der Waals surface area contributed by atoms with E-state index in [0.717, 1.165) is 44.7 Å². The van der Waals surface area contributed by atoms with Crippen LogP contribution < -0.4 is 10.2 Å². The summed E-state index contributed by atoms with van der Waals surface area (Å²) in [5, 5.41) is 3.34. The molecule has 0 spiro atoms. The highest BCUT2D eigenvalue weighted by atomic mass is 19.1. The molecule has 0 bridgehead atoms. The molecule has 0 unspecified atom stereocenters. The lowest BCUT2D eigenvalue weighted by Crippen LogP contribution is -2.50. The number of amides is 1. The zero-order chi connectivity index (χ0) is 16.1. The number of rotatable bonds is 4. The quantitative estimate of drug-likeness (QED) is 0.926. The summed E-state index contributed by atoms with van der Waals surface area (Å²) in [6, 6.07) is 6.55. The Hall–Kier alpha value is -1.46. The molecule has 1 aromatic rings. The van der Waals surface area contributed by atoms with Crippen molar-refractivity contribution in [1.82, 2.24) is 10.2 Å². The lowest BCUT2D eigenvalue weighted by atomic mass is 10.0. The van der Waals surface area contributed by atoms with Crippen molar-refractivity contribution in [2.75, 3.05) is 37.6 Å². The summed E-state index contributed by atoms with van der Waals surface area (Å²) in [6.07, 6.45) is 5.52. The van der Waals surface area contributed by atoms with E-state index in [0.29, 0.717) is 6.54 Å². The SMILES string of the molecule is O=C(CN1CCCCC1)N(c1ccc(F)cc1)C1CCNCC1. The topological polar surface area (TPSA) is 35.6 Å². The first-order valence-electron chi connectivity index (χ1n) is 8.75. The van der Waals surface area contributed by atoms with Crippen LogP contribution in [0.25, 0.3) is 0 Å². The zero-order valence-corrected chi connectivity index (χ0v) is 13.6. The van der Waals surface area contributed by atoms with Crippen molar-refractivity contribution < 1.29 is 9.18 Å². The van der Waals surface area contributed by atoms with Crippen LogP contribution in [-0.4, -0.2) is 49.6 Å². The summed E-state index contributed by atoms with van der Waals surface area (Å²) >= 11 is 0. The van der Waals surface area contributed by atoms with Crippen molar-refractivity contribution in [2.24, 2.45) is 0 Å². The van der Waals surface area contributed by atoms with Gasteiger partial charge in [0.15, 0.2) is 0 Å². The molecule has 1 N–H and O–H groups in total. The second-order valence-electron chi connectivity index (χ2n) is 6.56. The van der Waals surface area contributed by atoms with Gasteiger partial charge < -0.3 is 10.2 Å². The van der Waals surface area contributed by atoms with Crippen LogP contribution in [0.1, 0.15) is 32.1 Å². The van der Waals surface area contributed by atoms with Crippen LogP contribution in [0.3, 0.4) is 0 Å². The average Bonchev–Trinajstić information content (AvgIpc) is 2.59. The normalized spacial score (nSPS) is 20.4. The standard InChI is InChI=1S/C18H26FN3O/c19-15-4-6-16(7-5-15)22(17-8-10-20-11-9-17)18(23)14-21-12-2-1-3-13-21/h4-7,17,20H,1-3,8-14H2. The first kappa shape index (κ1) is 16.4. The van der Waals surface area contributed by atoms with E-state index >= 15 is 0 Å². The van der Waals surface area contributed by atoms with Crippen LogP contribution in [-0.2, 0) is 4.79 Å². The van der Waals surface area contributed by atoms with Crippen molar-refractivity contribution in [3.05, 3.63) is 30.1 Å². The highest BCUT2D eigenvalue weighted by molar-refractivity contribution is 5.95. The number of hydrogen-bond donors (Lipinski definition) is 1. The number of nitrogens with zero attached hydrogens (tertiary/aromatic N) is 2. The zero-order valence-electron chi connectivity index (χ0n) is 13.6. The van der Waals surface area contributed by atoms with Gasteiger partial charge in [0.1, 0.15) is 5.82 Å². The molecular weight excluding hydrogens is 293 g/mol.